The quantitative estimate of drug-likeness (QED) is 0.758. The second kappa shape index (κ2) is 5.15. The Kier molecular flexibility index (Phi) is 3.60. The number of para-hydroxylation sites is 1. The molecule has 16 heavy (non-hydrogen) atoms. The first-order valence-corrected chi connectivity index (χ1v) is 6.10. The molecule has 0 aliphatic heterocycles. The van der Waals surface area contributed by atoms with Crippen LogP contribution in [0.4, 0.5) is 5.69 Å². The Morgan fingerprint density at radius 3 is 2.50 bits per heavy atom. The van der Waals surface area contributed by atoms with Gasteiger partial charge >= 0.3 is 0 Å². The zero-order valence-electron chi connectivity index (χ0n) is 9.86. The number of amides is 1. The number of benzene rings is 1. The number of carbonyl (C=O) groups is 1. The highest BCUT2D eigenvalue weighted by Gasteiger charge is 2.19. The summed E-state index contributed by atoms with van der Waals surface area (Å²) in [6.45, 7) is 2.51. The van der Waals surface area contributed by atoms with Crippen molar-refractivity contribution in [2.45, 2.75) is 32.6 Å². The van der Waals surface area contributed by atoms with E-state index in [0.29, 0.717) is 0 Å². The summed E-state index contributed by atoms with van der Waals surface area (Å²) in [5.74, 6) is 0.996. The highest BCUT2D eigenvalue weighted by atomic mass is 16.2. The van der Waals surface area contributed by atoms with E-state index in [2.05, 4.69) is 0 Å². The van der Waals surface area contributed by atoms with Crippen LogP contribution >= 0.6 is 0 Å². The van der Waals surface area contributed by atoms with Crippen LogP contribution in [0.1, 0.15) is 32.6 Å². The summed E-state index contributed by atoms with van der Waals surface area (Å²) in [5.41, 5.74) is 1.02. The zero-order valence-corrected chi connectivity index (χ0v) is 9.86. The largest absolute Gasteiger partial charge is 0.313 e. The Bertz CT molecular complexity index is 343. The van der Waals surface area contributed by atoms with E-state index >= 15 is 0 Å². The molecule has 0 unspecified atom stereocenters. The first-order chi connectivity index (χ1) is 7.77. The van der Waals surface area contributed by atoms with Gasteiger partial charge in [-0.2, -0.15) is 0 Å². The van der Waals surface area contributed by atoms with Crippen molar-refractivity contribution >= 4 is 11.6 Å². The summed E-state index contributed by atoms with van der Waals surface area (Å²) >= 11 is 0. The monoisotopic (exact) mass is 217 g/mol. The van der Waals surface area contributed by atoms with E-state index in [9.17, 15) is 4.79 Å². The van der Waals surface area contributed by atoms with E-state index in [1.807, 2.05) is 35.2 Å². The fraction of sp³-hybridized carbons (Fsp3) is 0.500. The van der Waals surface area contributed by atoms with Gasteiger partial charge in [-0.1, -0.05) is 37.5 Å². The van der Waals surface area contributed by atoms with Crippen LogP contribution in [0.5, 0.6) is 0 Å². The highest BCUT2D eigenvalue weighted by Crippen LogP contribution is 2.30. The first-order valence-electron chi connectivity index (χ1n) is 6.10. The lowest BCUT2D eigenvalue weighted by molar-refractivity contribution is -0.116. The van der Waals surface area contributed by atoms with E-state index in [-0.39, 0.29) is 5.91 Å². The maximum Gasteiger partial charge on any atom is 0.223 e. The molecule has 0 bridgehead atoms. The molecule has 1 aromatic rings. The van der Waals surface area contributed by atoms with E-state index in [4.69, 9.17) is 0 Å². The van der Waals surface area contributed by atoms with Crippen LogP contribution < -0.4 is 4.90 Å². The third-order valence-corrected chi connectivity index (χ3v) is 3.43. The summed E-state index contributed by atoms with van der Waals surface area (Å²) in [4.78, 5) is 13.5. The number of hydrogen-bond acceptors (Lipinski definition) is 1. The molecular formula is C14H19NO. The van der Waals surface area contributed by atoms with Gasteiger partial charge in [0, 0.05) is 19.2 Å². The Morgan fingerprint density at radius 2 is 2.00 bits per heavy atom. The Hall–Kier alpha value is -1.31. The van der Waals surface area contributed by atoms with E-state index in [0.717, 1.165) is 24.6 Å². The lowest BCUT2D eigenvalue weighted by atomic mass is 9.83. The summed E-state index contributed by atoms with van der Waals surface area (Å²) in [6.07, 6.45) is 5.21. The molecule has 1 aliphatic carbocycles. The van der Waals surface area contributed by atoms with Gasteiger partial charge < -0.3 is 4.90 Å². The minimum absolute atomic E-state index is 0.144. The number of rotatable bonds is 4. The van der Waals surface area contributed by atoms with Gasteiger partial charge in [-0.3, -0.25) is 4.79 Å². The van der Waals surface area contributed by atoms with Crippen molar-refractivity contribution in [3.8, 4) is 0 Å². The molecule has 86 valence electrons. The molecule has 1 amide bonds. The fourth-order valence-electron chi connectivity index (χ4n) is 2.17. The average Bonchev–Trinajstić information content (AvgIpc) is 2.22. The Morgan fingerprint density at radius 1 is 1.31 bits per heavy atom. The average molecular weight is 217 g/mol. The molecule has 0 saturated heterocycles. The van der Waals surface area contributed by atoms with E-state index < -0.39 is 0 Å². The Balaban J connectivity index is 1.96. The van der Waals surface area contributed by atoms with Gasteiger partial charge in [0.25, 0.3) is 0 Å². The lowest BCUT2D eigenvalue weighted by Gasteiger charge is -2.29. The molecule has 0 aromatic heterocycles. The predicted octanol–water partition coefficient (Wildman–Crippen LogP) is 3.23. The third-order valence-electron chi connectivity index (χ3n) is 3.43. The second-order valence-electron chi connectivity index (χ2n) is 4.59. The normalized spacial score (nSPS) is 15.6. The fourth-order valence-corrected chi connectivity index (χ4v) is 2.17. The molecule has 0 heterocycles. The van der Waals surface area contributed by atoms with Crippen LogP contribution in [0, 0.1) is 5.92 Å². The number of hydrogen-bond donors (Lipinski definition) is 0. The van der Waals surface area contributed by atoms with Crippen molar-refractivity contribution < 1.29 is 4.79 Å². The van der Waals surface area contributed by atoms with E-state index in [1.165, 1.54) is 19.3 Å². The molecule has 0 N–H and O–H groups in total. The van der Waals surface area contributed by atoms with Gasteiger partial charge in [0.15, 0.2) is 0 Å². The van der Waals surface area contributed by atoms with Crippen molar-refractivity contribution in [2.24, 2.45) is 5.92 Å². The van der Waals surface area contributed by atoms with E-state index in [1.54, 1.807) is 6.92 Å². The number of nitrogens with zero attached hydrogens (tertiary/aromatic N) is 1. The Labute approximate surface area is 97.3 Å². The van der Waals surface area contributed by atoms with Gasteiger partial charge in [-0.15, -0.1) is 0 Å². The van der Waals surface area contributed by atoms with Gasteiger partial charge in [-0.25, -0.2) is 0 Å². The molecule has 1 aromatic carbocycles. The summed E-state index contributed by atoms with van der Waals surface area (Å²) < 4.78 is 0. The maximum absolute atomic E-state index is 11.6. The summed E-state index contributed by atoms with van der Waals surface area (Å²) in [6, 6.07) is 9.95. The molecule has 0 radical (unpaired) electrons. The number of anilines is 1. The maximum atomic E-state index is 11.6. The molecule has 0 spiro atoms. The molecule has 1 fully saturated rings. The topological polar surface area (TPSA) is 20.3 Å². The van der Waals surface area contributed by atoms with Crippen LogP contribution in [0.3, 0.4) is 0 Å². The van der Waals surface area contributed by atoms with Crippen LogP contribution in [-0.2, 0) is 4.79 Å². The van der Waals surface area contributed by atoms with Crippen molar-refractivity contribution in [3.05, 3.63) is 30.3 Å². The highest BCUT2D eigenvalue weighted by molar-refractivity contribution is 5.91. The van der Waals surface area contributed by atoms with Crippen molar-refractivity contribution in [2.75, 3.05) is 11.4 Å². The molecule has 1 saturated carbocycles. The van der Waals surface area contributed by atoms with Crippen LogP contribution in [0.2, 0.25) is 0 Å². The zero-order chi connectivity index (χ0) is 11.4. The minimum atomic E-state index is 0.144. The molecule has 2 nitrogen and oxygen atoms in total. The molecule has 1 aliphatic rings. The first kappa shape index (κ1) is 11.2. The molecule has 0 atom stereocenters. The number of carbonyl (C=O) groups excluding carboxylic acids is 1. The van der Waals surface area contributed by atoms with Crippen LogP contribution in [0.25, 0.3) is 0 Å². The summed E-state index contributed by atoms with van der Waals surface area (Å²) in [7, 11) is 0. The second-order valence-corrected chi connectivity index (χ2v) is 4.59. The van der Waals surface area contributed by atoms with Crippen molar-refractivity contribution in [1.29, 1.82) is 0 Å². The smallest absolute Gasteiger partial charge is 0.223 e. The predicted molar refractivity (Wildman–Crippen MR) is 66.4 cm³/mol. The van der Waals surface area contributed by atoms with Crippen molar-refractivity contribution in [1.82, 2.24) is 0 Å². The molecular weight excluding hydrogens is 198 g/mol. The van der Waals surface area contributed by atoms with Crippen LogP contribution in [0.15, 0.2) is 30.3 Å². The van der Waals surface area contributed by atoms with Gasteiger partial charge in [0.2, 0.25) is 5.91 Å². The molecule has 2 heteroatoms. The van der Waals surface area contributed by atoms with Gasteiger partial charge in [0.1, 0.15) is 0 Å². The standard InChI is InChI=1S/C14H19NO/c1-12(16)15(11-10-13-6-5-7-13)14-8-3-2-4-9-14/h2-4,8-9,13H,5-7,10-11H2,1H3. The molecule has 2 rings (SSSR count). The van der Waals surface area contributed by atoms with Crippen molar-refractivity contribution in [3.63, 3.8) is 0 Å². The minimum Gasteiger partial charge on any atom is -0.313 e. The summed E-state index contributed by atoms with van der Waals surface area (Å²) in [5, 5.41) is 0. The SMILES string of the molecule is CC(=O)N(CCC1CCC1)c1ccccc1. The van der Waals surface area contributed by atoms with Gasteiger partial charge in [0.05, 0.1) is 0 Å². The van der Waals surface area contributed by atoms with Crippen LogP contribution in [-0.4, -0.2) is 12.5 Å². The third kappa shape index (κ3) is 2.63. The van der Waals surface area contributed by atoms with Gasteiger partial charge in [-0.05, 0) is 24.5 Å². The lowest BCUT2D eigenvalue weighted by Crippen LogP contribution is -2.31.